The average molecular weight is 376 g/mol. The van der Waals surface area contributed by atoms with Gasteiger partial charge in [0.2, 0.25) is 12.7 Å². The molecule has 3 heterocycles. The van der Waals surface area contributed by atoms with Crippen LogP contribution < -0.4 is 14.4 Å². The molecule has 0 amide bonds. The van der Waals surface area contributed by atoms with Crippen LogP contribution in [0.5, 0.6) is 11.5 Å². The Morgan fingerprint density at radius 1 is 0.929 bits per heavy atom. The number of hydrogen-bond donors (Lipinski definition) is 0. The number of ether oxygens (including phenoxy) is 3. The van der Waals surface area contributed by atoms with E-state index in [1.807, 2.05) is 12.1 Å². The first-order chi connectivity index (χ1) is 13.8. The van der Waals surface area contributed by atoms with Crippen molar-refractivity contribution in [1.29, 1.82) is 0 Å². The average Bonchev–Trinajstić information content (AvgIpc) is 3.35. The van der Waals surface area contributed by atoms with E-state index in [-0.39, 0.29) is 12.7 Å². The minimum Gasteiger partial charge on any atom is -0.454 e. The minimum atomic E-state index is -0.451. The van der Waals surface area contributed by atoms with Crippen molar-refractivity contribution in [2.75, 3.05) is 24.8 Å². The summed E-state index contributed by atoms with van der Waals surface area (Å²) in [5.74, 6) is 1.13. The lowest BCUT2D eigenvalue weighted by Gasteiger charge is -2.28. The second-order valence-electron chi connectivity index (χ2n) is 7.04. The Balaban J connectivity index is 1.36. The Labute approximate surface area is 163 Å². The van der Waals surface area contributed by atoms with Crippen LogP contribution in [0.1, 0.15) is 30.4 Å². The monoisotopic (exact) mass is 376 g/mol. The largest absolute Gasteiger partial charge is 0.454 e. The molecule has 1 fully saturated rings. The molecule has 2 aromatic rings. The van der Waals surface area contributed by atoms with Crippen molar-refractivity contribution in [2.24, 2.45) is 4.99 Å². The first kappa shape index (κ1) is 16.9. The van der Waals surface area contributed by atoms with Crippen LogP contribution in [0.15, 0.2) is 53.2 Å². The smallest absolute Gasteiger partial charge is 0.363 e. The number of carbonyl (C=O) groups is 1. The molecule has 142 valence electrons. The molecule has 3 aliphatic rings. The molecule has 0 saturated carbocycles. The molecule has 28 heavy (non-hydrogen) atoms. The lowest BCUT2D eigenvalue weighted by molar-refractivity contribution is -0.129. The molecule has 0 bridgehead atoms. The molecule has 0 aliphatic carbocycles. The summed E-state index contributed by atoms with van der Waals surface area (Å²) in [7, 11) is 0. The molecule has 0 spiro atoms. The lowest BCUT2D eigenvalue weighted by atomic mass is 10.1. The molecular formula is C22H20N2O4. The normalized spacial score (nSPS) is 19.7. The van der Waals surface area contributed by atoms with Crippen LogP contribution in [0.4, 0.5) is 5.69 Å². The van der Waals surface area contributed by atoms with E-state index >= 15 is 0 Å². The van der Waals surface area contributed by atoms with Crippen molar-refractivity contribution in [2.45, 2.75) is 19.3 Å². The van der Waals surface area contributed by atoms with Gasteiger partial charge in [0.15, 0.2) is 17.2 Å². The molecule has 6 nitrogen and oxygen atoms in total. The van der Waals surface area contributed by atoms with Crippen molar-refractivity contribution in [3.8, 4) is 11.5 Å². The highest BCUT2D eigenvalue weighted by atomic mass is 16.7. The number of benzene rings is 2. The number of nitrogens with zero attached hydrogens (tertiary/aromatic N) is 2. The SMILES string of the molecule is O=C1OC(c2ccc3c(c2)OCO3)=N/C1=C\c1ccc(N2CCCCC2)cc1. The summed E-state index contributed by atoms with van der Waals surface area (Å²) in [5.41, 5.74) is 3.11. The quantitative estimate of drug-likeness (QED) is 0.603. The van der Waals surface area contributed by atoms with E-state index in [9.17, 15) is 4.79 Å². The predicted octanol–water partition coefficient (Wildman–Crippen LogP) is 3.75. The van der Waals surface area contributed by atoms with Gasteiger partial charge in [-0.2, -0.15) is 0 Å². The fourth-order valence-corrected chi connectivity index (χ4v) is 3.65. The van der Waals surface area contributed by atoms with Gasteiger partial charge in [-0.3, -0.25) is 0 Å². The Kier molecular flexibility index (Phi) is 4.24. The number of carbonyl (C=O) groups excluding carboxylic acids is 1. The zero-order chi connectivity index (χ0) is 18.9. The maximum Gasteiger partial charge on any atom is 0.363 e. The highest BCUT2D eigenvalue weighted by Gasteiger charge is 2.26. The maximum atomic E-state index is 12.2. The lowest BCUT2D eigenvalue weighted by Crippen LogP contribution is -2.29. The molecule has 6 heteroatoms. The van der Waals surface area contributed by atoms with Crippen LogP contribution >= 0.6 is 0 Å². The van der Waals surface area contributed by atoms with E-state index in [2.05, 4.69) is 22.0 Å². The summed E-state index contributed by atoms with van der Waals surface area (Å²) in [4.78, 5) is 19.0. The van der Waals surface area contributed by atoms with Gasteiger partial charge in [0.1, 0.15) is 0 Å². The number of hydrogen-bond acceptors (Lipinski definition) is 6. The van der Waals surface area contributed by atoms with Crippen molar-refractivity contribution in [3.05, 3.63) is 59.3 Å². The molecule has 1 saturated heterocycles. The second kappa shape index (κ2) is 7.03. The van der Waals surface area contributed by atoms with Crippen LogP contribution in [0.3, 0.4) is 0 Å². The number of aliphatic imine (C=N–C) groups is 1. The van der Waals surface area contributed by atoms with Crippen molar-refractivity contribution in [3.63, 3.8) is 0 Å². The van der Waals surface area contributed by atoms with E-state index < -0.39 is 5.97 Å². The van der Waals surface area contributed by atoms with E-state index in [4.69, 9.17) is 14.2 Å². The fourth-order valence-electron chi connectivity index (χ4n) is 3.65. The number of rotatable bonds is 3. The molecule has 0 atom stereocenters. The van der Waals surface area contributed by atoms with Crippen molar-refractivity contribution >= 4 is 23.6 Å². The van der Waals surface area contributed by atoms with E-state index in [0.717, 1.165) is 18.7 Å². The van der Waals surface area contributed by atoms with E-state index in [1.165, 1.54) is 24.9 Å². The van der Waals surface area contributed by atoms with Gasteiger partial charge >= 0.3 is 5.97 Å². The number of piperidine rings is 1. The summed E-state index contributed by atoms with van der Waals surface area (Å²) < 4.78 is 16.0. The Morgan fingerprint density at radius 2 is 1.71 bits per heavy atom. The van der Waals surface area contributed by atoms with E-state index in [0.29, 0.717) is 22.8 Å². The number of anilines is 1. The first-order valence-corrected chi connectivity index (χ1v) is 9.54. The Hall–Kier alpha value is -3.28. The van der Waals surface area contributed by atoms with Gasteiger partial charge < -0.3 is 19.1 Å². The molecule has 0 unspecified atom stereocenters. The molecule has 0 aromatic heterocycles. The van der Waals surface area contributed by atoms with Gasteiger partial charge in [-0.05, 0) is 61.2 Å². The summed E-state index contributed by atoms with van der Waals surface area (Å²) >= 11 is 0. The molecule has 3 aliphatic heterocycles. The predicted molar refractivity (Wildman–Crippen MR) is 106 cm³/mol. The van der Waals surface area contributed by atoms with Gasteiger partial charge in [0, 0.05) is 24.3 Å². The second-order valence-corrected chi connectivity index (χ2v) is 7.04. The summed E-state index contributed by atoms with van der Waals surface area (Å²) in [6, 6.07) is 13.6. The zero-order valence-corrected chi connectivity index (χ0v) is 15.4. The number of esters is 1. The van der Waals surface area contributed by atoms with Crippen LogP contribution in [0.25, 0.3) is 6.08 Å². The van der Waals surface area contributed by atoms with Crippen LogP contribution in [0.2, 0.25) is 0 Å². The third-order valence-electron chi connectivity index (χ3n) is 5.16. The van der Waals surface area contributed by atoms with Gasteiger partial charge in [-0.25, -0.2) is 9.79 Å². The van der Waals surface area contributed by atoms with Crippen LogP contribution in [0, 0.1) is 0 Å². The third kappa shape index (κ3) is 3.22. The highest BCUT2D eigenvalue weighted by molar-refractivity contribution is 6.13. The van der Waals surface area contributed by atoms with Crippen LogP contribution in [-0.2, 0) is 9.53 Å². The Bertz CT molecular complexity index is 973. The summed E-state index contributed by atoms with van der Waals surface area (Å²) in [5, 5.41) is 0. The molecule has 0 radical (unpaired) electrons. The van der Waals surface area contributed by atoms with Crippen LogP contribution in [-0.4, -0.2) is 31.7 Å². The maximum absolute atomic E-state index is 12.2. The number of cyclic esters (lactones) is 1. The fraction of sp³-hybridized carbons (Fsp3) is 0.273. The molecule has 2 aromatic carbocycles. The van der Waals surface area contributed by atoms with Gasteiger partial charge in [-0.1, -0.05) is 12.1 Å². The van der Waals surface area contributed by atoms with Gasteiger partial charge in [-0.15, -0.1) is 0 Å². The zero-order valence-electron chi connectivity index (χ0n) is 15.4. The van der Waals surface area contributed by atoms with Crippen molar-refractivity contribution < 1.29 is 19.0 Å². The van der Waals surface area contributed by atoms with Crippen molar-refractivity contribution in [1.82, 2.24) is 0 Å². The van der Waals surface area contributed by atoms with E-state index in [1.54, 1.807) is 24.3 Å². The topological polar surface area (TPSA) is 60.4 Å². The van der Waals surface area contributed by atoms with Gasteiger partial charge in [0.25, 0.3) is 0 Å². The Morgan fingerprint density at radius 3 is 2.54 bits per heavy atom. The minimum absolute atomic E-state index is 0.198. The molecule has 5 rings (SSSR count). The third-order valence-corrected chi connectivity index (χ3v) is 5.16. The molecule has 0 N–H and O–H groups in total. The number of fused-ring (bicyclic) bond motifs is 1. The standard InChI is InChI=1S/C22H20N2O4/c25-22-18(12-15-4-7-17(8-5-15)24-10-2-1-3-11-24)23-21(28-22)16-6-9-19-20(13-16)27-14-26-19/h4-9,12-13H,1-3,10-11,14H2/b18-12-. The highest BCUT2D eigenvalue weighted by Crippen LogP contribution is 2.33. The first-order valence-electron chi connectivity index (χ1n) is 9.54. The molecular weight excluding hydrogens is 356 g/mol. The summed E-state index contributed by atoms with van der Waals surface area (Å²) in [6.45, 7) is 2.41. The van der Waals surface area contributed by atoms with Gasteiger partial charge in [0.05, 0.1) is 0 Å². The summed E-state index contributed by atoms with van der Waals surface area (Å²) in [6.07, 6.45) is 5.55.